The number of nitrogens with one attached hydrogen (secondary N) is 1. The highest BCUT2D eigenvalue weighted by Crippen LogP contribution is 2.21. The van der Waals surface area contributed by atoms with Gasteiger partial charge in [0.15, 0.2) is 0 Å². The van der Waals surface area contributed by atoms with Crippen molar-refractivity contribution >= 4 is 0 Å². The van der Waals surface area contributed by atoms with Crippen molar-refractivity contribution in [3.63, 3.8) is 0 Å². The molecule has 15 heavy (non-hydrogen) atoms. The first-order chi connectivity index (χ1) is 6.93. The van der Waals surface area contributed by atoms with E-state index in [9.17, 15) is 0 Å². The first-order valence-corrected chi connectivity index (χ1v) is 6.42. The zero-order valence-electron chi connectivity index (χ0n) is 11.1. The van der Waals surface area contributed by atoms with Crippen molar-refractivity contribution in [2.45, 2.75) is 59.0 Å². The molecule has 0 bridgehead atoms. The van der Waals surface area contributed by atoms with E-state index in [1.165, 1.54) is 32.5 Å². The Morgan fingerprint density at radius 2 is 1.93 bits per heavy atom. The van der Waals surface area contributed by atoms with Crippen molar-refractivity contribution in [3.8, 4) is 0 Å². The smallest absolute Gasteiger partial charge is 0.0281 e. The van der Waals surface area contributed by atoms with E-state index >= 15 is 0 Å². The van der Waals surface area contributed by atoms with E-state index < -0.39 is 0 Å². The summed E-state index contributed by atoms with van der Waals surface area (Å²) in [5.41, 5.74) is 0.360. The molecule has 0 aromatic carbocycles. The van der Waals surface area contributed by atoms with Crippen molar-refractivity contribution in [3.05, 3.63) is 0 Å². The summed E-state index contributed by atoms with van der Waals surface area (Å²) in [5.74, 6) is 0.761. The van der Waals surface area contributed by atoms with Gasteiger partial charge in [0.05, 0.1) is 0 Å². The Balaban J connectivity index is 2.49. The van der Waals surface area contributed by atoms with Gasteiger partial charge in [-0.2, -0.15) is 0 Å². The van der Waals surface area contributed by atoms with Gasteiger partial charge in [0.25, 0.3) is 0 Å². The van der Waals surface area contributed by atoms with E-state index in [0.717, 1.165) is 5.92 Å². The maximum absolute atomic E-state index is 3.65. The average molecular weight is 212 g/mol. The number of hydrogen-bond acceptors (Lipinski definition) is 2. The lowest BCUT2D eigenvalue weighted by Gasteiger charge is -2.36. The van der Waals surface area contributed by atoms with Gasteiger partial charge in [-0.1, -0.05) is 13.8 Å². The zero-order chi connectivity index (χ0) is 11.5. The topological polar surface area (TPSA) is 15.3 Å². The fourth-order valence-electron chi connectivity index (χ4n) is 2.47. The zero-order valence-corrected chi connectivity index (χ0v) is 11.1. The predicted octanol–water partition coefficient (Wildman–Crippen LogP) is 2.49. The van der Waals surface area contributed by atoms with Gasteiger partial charge in [-0.05, 0) is 46.1 Å². The van der Waals surface area contributed by atoms with Crippen LogP contribution in [-0.4, -0.2) is 36.1 Å². The molecule has 1 unspecified atom stereocenters. The quantitative estimate of drug-likeness (QED) is 0.753. The highest BCUT2D eigenvalue weighted by atomic mass is 15.2. The minimum atomic E-state index is 0.360. The lowest BCUT2D eigenvalue weighted by Crippen LogP contribution is -2.50. The van der Waals surface area contributed by atoms with Crippen molar-refractivity contribution < 1.29 is 0 Å². The van der Waals surface area contributed by atoms with Crippen LogP contribution in [0.25, 0.3) is 0 Å². The molecule has 1 heterocycles. The maximum atomic E-state index is 3.65. The summed E-state index contributed by atoms with van der Waals surface area (Å²) in [6.45, 7) is 15.2. The predicted molar refractivity (Wildman–Crippen MR) is 67.2 cm³/mol. The number of hydrogen-bond donors (Lipinski definition) is 1. The fourth-order valence-corrected chi connectivity index (χ4v) is 2.47. The van der Waals surface area contributed by atoms with Crippen LogP contribution in [0.1, 0.15) is 47.5 Å². The molecule has 2 nitrogen and oxygen atoms in total. The molecule has 1 saturated heterocycles. The van der Waals surface area contributed by atoms with E-state index in [-0.39, 0.29) is 0 Å². The second-order valence-electron chi connectivity index (χ2n) is 6.01. The monoisotopic (exact) mass is 212 g/mol. The van der Waals surface area contributed by atoms with E-state index in [1.807, 2.05) is 0 Å². The Morgan fingerprint density at radius 3 is 2.33 bits per heavy atom. The van der Waals surface area contributed by atoms with Gasteiger partial charge in [0, 0.05) is 24.7 Å². The molecule has 0 radical (unpaired) electrons. The van der Waals surface area contributed by atoms with Gasteiger partial charge in [0.2, 0.25) is 0 Å². The Hall–Kier alpha value is -0.0800. The van der Waals surface area contributed by atoms with Crippen LogP contribution in [0.15, 0.2) is 0 Å². The minimum Gasteiger partial charge on any atom is -0.310 e. The third-order valence-corrected chi connectivity index (χ3v) is 3.34. The molecule has 0 aromatic heterocycles. The number of rotatable bonds is 5. The van der Waals surface area contributed by atoms with Gasteiger partial charge < -0.3 is 5.32 Å². The van der Waals surface area contributed by atoms with Crippen LogP contribution in [0.2, 0.25) is 0 Å². The maximum Gasteiger partial charge on any atom is 0.0281 e. The molecule has 0 spiro atoms. The summed E-state index contributed by atoms with van der Waals surface area (Å²) < 4.78 is 0. The summed E-state index contributed by atoms with van der Waals surface area (Å²) in [7, 11) is 0. The summed E-state index contributed by atoms with van der Waals surface area (Å²) in [6.07, 6.45) is 2.67. The van der Waals surface area contributed by atoms with Crippen LogP contribution < -0.4 is 5.32 Å². The van der Waals surface area contributed by atoms with Gasteiger partial charge >= 0.3 is 0 Å². The summed E-state index contributed by atoms with van der Waals surface area (Å²) >= 11 is 0. The van der Waals surface area contributed by atoms with Crippen LogP contribution in [0.4, 0.5) is 0 Å². The van der Waals surface area contributed by atoms with Gasteiger partial charge in [-0.25, -0.2) is 0 Å². The van der Waals surface area contributed by atoms with Gasteiger partial charge in [0.1, 0.15) is 0 Å². The molecule has 1 fully saturated rings. The molecule has 2 heteroatoms. The molecule has 1 atom stereocenters. The van der Waals surface area contributed by atoms with Crippen LogP contribution in [0.5, 0.6) is 0 Å². The Labute approximate surface area is 95.4 Å². The summed E-state index contributed by atoms with van der Waals surface area (Å²) in [6, 6.07) is 0.659. The molecule has 0 aliphatic carbocycles. The van der Waals surface area contributed by atoms with Crippen LogP contribution in [0, 0.1) is 5.92 Å². The highest BCUT2D eigenvalue weighted by Gasteiger charge is 2.30. The SMILES string of the molecule is CC(C)CN(CC1(C)CCCN1)C(C)C. The van der Waals surface area contributed by atoms with E-state index in [1.54, 1.807) is 0 Å². The summed E-state index contributed by atoms with van der Waals surface area (Å²) in [4.78, 5) is 2.61. The largest absolute Gasteiger partial charge is 0.310 e. The molecule has 0 saturated carbocycles. The Morgan fingerprint density at radius 1 is 1.27 bits per heavy atom. The van der Waals surface area contributed by atoms with Crippen LogP contribution >= 0.6 is 0 Å². The second-order valence-corrected chi connectivity index (χ2v) is 6.01. The molecule has 1 N–H and O–H groups in total. The van der Waals surface area contributed by atoms with Crippen LogP contribution in [-0.2, 0) is 0 Å². The standard InChI is InChI=1S/C13H28N2/c1-11(2)9-15(12(3)4)10-13(5)7-6-8-14-13/h11-12,14H,6-10H2,1-5H3. The van der Waals surface area contributed by atoms with E-state index in [4.69, 9.17) is 0 Å². The van der Waals surface area contributed by atoms with Crippen molar-refractivity contribution in [1.82, 2.24) is 10.2 Å². The number of nitrogens with zero attached hydrogens (tertiary/aromatic N) is 1. The third kappa shape index (κ3) is 4.12. The van der Waals surface area contributed by atoms with Gasteiger partial charge in [-0.15, -0.1) is 0 Å². The molecule has 0 aromatic rings. The highest BCUT2D eigenvalue weighted by molar-refractivity contribution is 4.92. The Kier molecular flexibility index (Phi) is 4.60. The van der Waals surface area contributed by atoms with E-state index in [2.05, 4.69) is 44.8 Å². The normalized spacial score (nSPS) is 27.2. The van der Waals surface area contributed by atoms with Crippen molar-refractivity contribution in [1.29, 1.82) is 0 Å². The molecule has 1 rings (SSSR count). The first-order valence-electron chi connectivity index (χ1n) is 6.42. The third-order valence-electron chi connectivity index (χ3n) is 3.34. The lowest BCUT2D eigenvalue weighted by atomic mass is 9.98. The first kappa shape index (κ1) is 13.0. The van der Waals surface area contributed by atoms with Crippen molar-refractivity contribution in [2.24, 2.45) is 5.92 Å². The fraction of sp³-hybridized carbons (Fsp3) is 1.00. The van der Waals surface area contributed by atoms with Crippen molar-refractivity contribution in [2.75, 3.05) is 19.6 Å². The molecule has 90 valence electrons. The molecular formula is C13H28N2. The second kappa shape index (κ2) is 5.31. The molecule has 1 aliphatic rings. The molecule has 1 aliphatic heterocycles. The minimum absolute atomic E-state index is 0.360. The molecule has 0 amide bonds. The Bertz CT molecular complexity index is 181. The van der Waals surface area contributed by atoms with E-state index in [0.29, 0.717) is 11.6 Å². The van der Waals surface area contributed by atoms with Gasteiger partial charge in [-0.3, -0.25) is 4.90 Å². The lowest BCUT2D eigenvalue weighted by molar-refractivity contribution is 0.149. The summed E-state index contributed by atoms with van der Waals surface area (Å²) in [5, 5.41) is 3.65. The van der Waals surface area contributed by atoms with Crippen LogP contribution in [0.3, 0.4) is 0 Å². The molecular weight excluding hydrogens is 184 g/mol. The average Bonchev–Trinajstić information content (AvgIpc) is 2.50.